The molecule has 0 bridgehead atoms. The third kappa shape index (κ3) is 4.41. The zero-order chi connectivity index (χ0) is 15.2. The summed E-state index contributed by atoms with van der Waals surface area (Å²) in [4.78, 5) is 29.9. The lowest BCUT2D eigenvalue weighted by molar-refractivity contribution is -0.141. The summed E-state index contributed by atoms with van der Waals surface area (Å²) in [5.74, 6) is -0.100. The molecule has 2 saturated heterocycles. The highest BCUT2D eigenvalue weighted by molar-refractivity contribution is 5.84. The molecule has 0 aromatic heterocycles. The number of likely N-dealkylation sites (tertiary alicyclic amines) is 2. The normalized spacial score (nSPS) is 23.3. The molecule has 2 aliphatic rings. The topological polar surface area (TPSA) is 53.1 Å². The van der Waals surface area contributed by atoms with Gasteiger partial charge in [0.05, 0.1) is 19.6 Å². The molecular formula is C15H27N3O3. The summed E-state index contributed by atoms with van der Waals surface area (Å²) in [7, 11) is 3.41. The maximum Gasteiger partial charge on any atom is 0.307 e. The lowest BCUT2D eigenvalue weighted by Gasteiger charge is -2.26. The van der Waals surface area contributed by atoms with Crippen molar-refractivity contribution in [2.45, 2.75) is 31.7 Å². The molecule has 0 saturated carbocycles. The van der Waals surface area contributed by atoms with E-state index in [0.717, 1.165) is 26.1 Å². The van der Waals surface area contributed by atoms with Gasteiger partial charge in [-0.2, -0.15) is 0 Å². The van der Waals surface area contributed by atoms with Gasteiger partial charge < -0.3 is 14.5 Å². The Kier molecular flexibility index (Phi) is 5.99. The highest BCUT2D eigenvalue weighted by Gasteiger charge is 2.34. The molecule has 6 nitrogen and oxygen atoms in total. The van der Waals surface area contributed by atoms with E-state index in [-0.39, 0.29) is 24.3 Å². The quantitative estimate of drug-likeness (QED) is 0.627. The van der Waals surface area contributed by atoms with Gasteiger partial charge in [-0.05, 0) is 39.4 Å². The minimum Gasteiger partial charge on any atom is -0.469 e. The van der Waals surface area contributed by atoms with Crippen LogP contribution in [0.1, 0.15) is 25.7 Å². The van der Waals surface area contributed by atoms with Gasteiger partial charge in [0.25, 0.3) is 0 Å². The summed E-state index contributed by atoms with van der Waals surface area (Å²) in [6.07, 6.45) is 3.74. The summed E-state index contributed by atoms with van der Waals surface area (Å²) in [5, 5.41) is 0. The summed E-state index contributed by atoms with van der Waals surface area (Å²) in [6.45, 7) is 5.58. The number of hydrogen-bond acceptors (Lipinski definition) is 5. The molecule has 6 heteroatoms. The van der Waals surface area contributed by atoms with Crippen LogP contribution in [-0.2, 0) is 14.3 Å². The van der Waals surface area contributed by atoms with Gasteiger partial charge in [0.1, 0.15) is 0 Å². The second-order valence-corrected chi connectivity index (χ2v) is 5.99. The molecule has 2 rings (SSSR count). The first-order valence-corrected chi connectivity index (χ1v) is 7.90. The van der Waals surface area contributed by atoms with Gasteiger partial charge in [0.15, 0.2) is 0 Å². The molecule has 0 aromatic carbocycles. The molecule has 0 N–H and O–H groups in total. The number of esters is 1. The van der Waals surface area contributed by atoms with Gasteiger partial charge in [0, 0.05) is 26.2 Å². The highest BCUT2D eigenvalue weighted by Crippen LogP contribution is 2.17. The zero-order valence-corrected chi connectivity index (χ0v) is 13.2. The van der Waals surface area contributed by atoms with Crippen LogP contribution < -0.4 is 0 Å². The summed E-state index contributed by atoms with van der Waals surface area (Å²) in [6, 6.07) is -0.0229. The lowest BCUT2D eigenvalue weighted by Crippen LogP contribution is -2.43. The first-order valence-electron chi connectivity index (χ1n) is 7.90. The Balaban J connectivity index is 1.73. The van der Waals surface area contributed by atoms with Gasteiger partial charge >= 0.3 is 5.97 Å². The van der Waals surface area contributed by atoms with Crippen LogP contribution in [0, 0.1) is 0 Å². The number of rotatable bonds is 7. The van der Waals surface area contributed by atoms with Crippen LogP contribution in [0.2, 0.25) is 0 Å². The number of carbonyl (C=O) groups is 2. The Morgan fingerprint density at radius 3 is 2.67 bits per heavy atom. The molecule has 2 aliphatic heterocycles. The second-order valence-electron chi connectivity index (χ2n) is 5.99. The van der Waals surface area contributed by atoms with E-state index in [2.05, 4.69) is 14.5 Å². The molecule has 1 unspecified atom stereocenters. The number of hydrogen-bond donors (Lipinski definition) is 0. The predicted molar refractivity (Wildman–Crippen MR) is 79.9 cm³/mol. The standard InChI is InChI=1S/C15H27N3O3/c1-16(11-12-17-7-3-4-8-17)13-5-9-18(15(13)20)10-6-14(19)21-2/h13H,3-12H2,1-2H3. The molecule has 2 fully saturated rings. The molecule has 1 amide bonds. The second kappa shape index (κ2) is 7.75. The minimum absolute atomic E-state index is 0.0229. The lowest BCUT2D eigenvalue weighted by atomic mass is 10.2. The van der Waals surface area contributed by atoms with E-state index in [1.807, 2.05) is 7.05 Å². The molecule has 0 aliphatic carbocycles. The number of nitrogens with zero attached hydrogens (tertiary/aromatic N) is 3. The fraction of sp³-hybridized carbons (Fsp3) is 0.867. The van der Waals surface area contributed by atoms with Crippen LogP contribution >= 0.6 is 0 Å². The maximum atomic E-state index is 12.4. The molecule has 2 heterocycles. The van der Waals surface area contributed by atoms with Crippen molar-refractivity contribution in [3.63, 3.8) is 0 Å². The highest BCUT2D eigenvalue weighted by atomic mass is 16.5. The van der Waals surface area contributed by atoms with Gasteiger partial charge in [0.2, 0.25) is 5.91 Å². The van der Waals surface area contributed by atoms with E-state index in [0.29, 0.717) is 6.54 Å². The largest absolute Gasteiger partial charge is 0.469 e. The number of ether oxygens (including phenoxy) is 1. The van der Waals surface area contributed by atoms with Crippen molar-refractivity contribution >= 4 is 11.9 Å². The van der Waals surface area contributed by atoms with Gasteiger partial charge in [-0.3, -0.25) is 14.5 Å². The van der Waals surface area contributed by atoms with E-state index in [1.165, 1.54) is 33.0 Å². The van der Waals surface area contributed by atoms with Crippen molar-refractivity contribution in [1.82, 2.24) is 14.7 Å². The number of methoxy groups -OCH3 is 1. The van der Waals surface area contributed by atoms with Crippen LogP contribution in [-0.4, -0.2) is 86.0 Å². The third-order valence-electron chi connectivity index (χ3n) is 4.58. The summed E-state index contributed by atoms with van der Waals surface area (Å²) < 4.78 is 4.62. The predicted octanol–water partition coefficient (Wildman–Crippen LogP) is 0.178. The van der Waals surface area contributed by atoms with Crippen molar-refractivity contribution in [3.8, 4) is 0 Å². The third-order valence-corrected chi connectivity index (χ3v) is 4.58. The van der Waals surface area contributed by atoms with Crippen molar-refractivity contribution in [3.05, 3.63) is 0 Å². The van der Waals surface area contributed by atoms with Gasteiger partial charge in [-0.1, -0.05) is 0 Å². The van der Waals surface area contributed by atoms with Crippen molar-refractivity contribution < 1.29 is 14.3 Å². The number of likely N-dealkylation sites (N-methyl/N-ethyl adjacent to an activating group) is 1. The fourth-order valence-electron chi connectivity index (χ4n) is 3.14. The van der Waals surface area contributed by atoms with Crippen LogP contribution in [0.3, 0.4) is 0 Å². The van der Waals surface area contributed by atoms with E-state index in [1.54, 1.807) is 4.90 Å². The maximum absolute atomic E-state index is 12.4. The summed E-state index contributed by atoms with van der Waals surface area (Å²) in [5.41, 5.74) is 0. The molecule has 120 valence electrons. The number of carbonyl (C=O) groups excluding carboxylic acids is 2. The average molecular weight is 297 g/mol. The number of amides is 1. The van der Waals surface area contributed by atoms with Crippen molar-refractivity contribution in [2.75, 3.05) is 53.4 Å². The van der Waals surface area contributed by atoms with Crippen molar-refractivity contribution in [2.24, 2.45) is 0 Å². The molecule has 0 aromatic rings. The zero-order valence-electron chi connectivity index (χ0n) is 13.2. The van der Waals surface area contributed by atoms with Gasteiger partial charge in [-0.15, -0.1) is 0 Å². The fourth-order valence-corrected chi connectivity index (χ4v) is 3.14. The molecule has 0 radical (unpaired) electrons. The molecular weight excluding hydrogens is 270 g/mol. The first-order chi connectivity index (χ1) is 10.1. The Labute approximate surface area is 127 Å². The van der Waals surface area contributed by atoms with E-state index in [4.69, 9.17) is 0 Å². The van der Waals surface area contributed by atoms with E-state index >= 15 is 0 Å². The van der Waals surface area contributed by atoms with Crippen LogP contribution in [0.15, 0.2) is 0 Å². The Hall–Kier alpha value is -1.14. The molecule has 21 heavy (non-hydrogen) atoms. The van der Waals surface area contributed by atoms with E-state index in [9.17, 15) is 9.59 Å². The Morgan fingerprint density at radius 1 is 1.29 bits per heavy atom. The average Bonchev–Trinajstić information content (AvgIpc) is 3.12. The SMILES string of the molecule is COC(=O)CCN1CCC(N(C)CCN2CCCC2)C1=O. The van der Waals surface area contributed by atoms with Crippen LogP contribution in [0.4, 0.5) is 0 Å². The van der Waals surface area contributed by atoms with E-state index < -0.39 is 0 Å². The smallest absolute Gasteiger partial charge is 0.307 e. The minimum atomic E-state index is -0.256. The Bertz CT molecular complexity index is 369. The van der Waals surface area contributed by atoms with Crippen LogP contribution in [0.25, 0.3) is 0 Å². The molecule has 1 atom stereocenters. The van der Waals surface area contributed by atoms with Crippen molar-refractivity contribution in [1.29, 1.82) is 0 Å². The molecule has 0 spiro atoms. The monoisotopic (exact) mass is 297 g/mol. The van der Waals surface area contributed by atoms with Crippen LogP contribution in [0.5, 0.6) is 0 Å². The summed E-state index contributed by atoms with van der Waals surface area (Å²) >= 11 is 0. The first kappa shape index (κ1) is 16.2. The Morgan fingerprint density at radius 2 is 2.00 bits per heavy atom. The van der Waals surface area contributed by atoms with Gasteiger partial charge in [-0.25, -0.2) is 0 Å².